The molecule has 18 heavy (non-hydrogen) atoms. The summed E-state index contributed by atoms with van der Waals surface area (Å²) in [6, 6.07) is 6.30. The number of hydrogen-bond acceptors (Lipinski definition) is 3. The molecule has 0 amide bonds. The fourth-order valence-electron chi connectivity index (χ4n) is 2.32. The van der Waals surface area contributed by atoms with Crippen LogP contribution in [0, 0.1) is 0 Å². The zero-order valence-electron chi connectivity index (χ0n) is 11.4. The van der Waals surface area contributed by atoms with E-state index in [0.29, 0.717) is 6.61 Å². The quantitative estimate of drug-likeness (QED) is 0.766. The summed E-state index contributed by atoms with van der Waals surface area (Å²) < 4.78 is 5.20. The van der Waals surface area contributed by atoms with Crippen molar-refractivity contribution in [2.45, 2.75) is 32.6 Å². The molecular formula is C15H21NO2. The average molecular weight is 247 g/mol. The summed E-state index contributed by atoms with van der Waals surface area (Å²) in [4.78, 5) is 14.1. The Bertz CT molecular complexity index is 442. The molecule has 0 aromatic heterocycles. The van der Waals surface area contributed by atoms with Crippen molar-refractivity contribution >= 4 is 11.7 Å². The molecule has 1 aliphatic heterocycles. The van der Waals surface area contributed by atoms with E-state index in [1.54, 1.807) is 0 Å². The molecule has 3 nitrogen and oxygen atoms in total. The smallest absolute Gasteiger partial charge is 0.313 e. The number of carbonyl (C=O) groups excluding carboxylic acids is 1. The second-order valence-electron chi connectivity index (χ2n) is 4.95. The highest BCUT2D eigenvalue weighted by atomic mass is 16.5. The summed E-state index contributed by atoms with van der Waals surface area (Å²) in [5.41, 5.74) is 3.68. The maximum Gasteiger partial charge on any atom is 0.313 e. The second-order valence-corrected chi connectivity index (χ2v) is 4.95. The van der Waals surface area contributed by atoms with Gasteiger partial charge in [-0.05, 0) is 37.0 Å². The summed E-state index contributed by atoms with van der Waals surface area (Å²) in [6.07, 6.45) is 1.93. The van der Waals surface area contributed by atoms with E-state index in [1.165, 1.54) is 11.3 Å². The number of esters is 1. The molecule has 0 radical (unpaired) electrons. The first-order valence-corrected chi connectivity index (χ1v) is 6.64. The van der Waals surface area contributed by atoms with Crippen LogP contribution < -0.4 is 4.90 Å². The number of carbonyl (C=O) groups is 1. The number of nitrogens with zero attached hydrogens (tertiary/aromatic N) is 1. The molecule has 0 N–H and O–H groups in total. The van der Waals surface area contributed by atoms with Gasteiger partial charge < -0.3 is 9.64 Å². The highest BCUT2D eigenvalue weighted by Gasteiger charge is 2.21. The minimum atomic E-state index is -0.173. The van der Waals surface area contributed by atoms with Gasteiger partial charge in [-0.2, -0.15) is 0 Å². The maximum atomic E-state index is 11.8. The van der Waals surface area contributed by atoms with Crippen molar-refractivity contribution in [3.05, 3.63) is 29.3 Å². The number of rotatable bonds is 4. The summed E-state index contributed by atoms with van der Waals surface area (Å²) in [5.74, 6) is -0.295. The van der Waals surface area contributed by atoms with Crippen LogP contribution in [0.5, 0.6) is 0 Å². The van der Waals surface area contributed by atoms with E-state index in [-0.39, 0.29) is 11.9 Å². The monoisotopic (exact) mass is 247 g/mol. The summed E-state index contributed by atoms with van der Waals surface area (Å²) in [7, 11) is 2.10. The zero-order valence-corrected chi connectivity index (χ0v) is 11.4. The predicted molar refractivity (Wildman–Crippen MR) is 73.1 cm³/mol. The predicted octanol–water partition coefficient (Wildman–Crippen LogP) is 2.74. The van der Waals surface area contributed by atoms with Gasteiger partial charge in [0.1, 0.15) is 0 Å². The van der Waals surface area contributed by atoms with Crippen LogP contribution in [0.4, 0.5) is 5.69 Å². The van der Waals surface area contributed by atoms with E-state index >= 15 is 0 Å². The molecule has 98 valence electrons. The highest BCUT2D eigenvalue weighted by Crippen LogP contribution is 2.30. The first-order chi connectivity index (χ1) is 8.63. The lowest BCUT2D eigenvalue weighted by Crippen LogP contribution is -2.14. The van der Waals surface area contributed by atoms with Crippen molar-refractivity contribution in [3.63, 3.8) is 0 Å². The van der Waals surface area contributed by atoms with Crippen LogP contribution in [0.3, 0.4) is 0 Å². The van der Waals surface area contributed by atoms with E-state index in [4.69, 9.17) is 4.74 Å². The van der Waals surface area contributed by atoms with Crippen molar-refractivity contribution in [1.82, 2.24) is 0 Å². The van der Waals surface area contributed by atoms with Crippen molar-refractivity contribution in [2.75, 3.05) is 25.1 Å². The van der Waals surface area contributed by atoms with Crippen LogP contribution >= 0.6 is 0 Å². The lowest BCUT2D eigenvalue weighted by atomic mass is 9.98. The van der Waals surface area contributed by atoms with Gasteiger partial charge in [0.05, 0.1) is 12.5 Å². The van der Waals surface area contributed by atoms with E-state index in [2.05, 4.69) is 24.1 Å². The molecule has 0 aliphatic carbocycles. The molecule has 0 saturated heterocycles. The van der Waals surface area contributed by atoms with Gasteiger partial charge in [0.15, 0.2) is 0 Å². The third-order valence-corrected chi connectivity index (χ3v) is 3.53. The Kier molecular flexibility index (Phi) is 3.90. The molecule has 0 unspecified atom stereocenters. The van der Waals surface area contributed by atoms with Crippen molar-refractivity contribution in [1.29, 1.82) is 0 Å². The fourth-order valence-corrected chi connectivity index (χ4v) is 2.32. The molecule has 0 saturated carbocycles. The molecule has 1 aromatic carbocycles. The fraction of sp³-hybridized carbons (Fsp3) is 0.533. The Morgan fingerprint density at radius 2 is 2.28 bits per heavy atom. The number of anilines is 1. The van der Waals surface area contributed by atoms with E-state index in [1.807, 2.05) is 19.9 Å². The van der Waals surface area contributed by atoms with Crippen molar-refractivity contribution in [2.24, 2.45) is 0 Å². The summed E-state index contributed by atoms with van der Waals surface area (Å²) in [5, 5.41) is 0. The van der Waals surface area contributed by atoms with E-state index in [0.717, 1.165) is 24.9 Å². The lowest BCUT2D eigenvalue weighted by Gasteiger charge is -2.15. The van der Waals surface area contributed by atoms with Gasteiger partial charge in [-0.15, -0.1) is 0 Å². The first kappa shape index (κ1) is 12.9. The topological polar surface area (TPSA) is 29.5 Å². The van der Waals surface area contributed by atoms with Gasteiger partial charge in [0.25, 0.3) is 0 Å². The molecule has 0 spiro atoms. The Labute approximate surface area is 109 Å². The Morgan fingerprint density at radius 1 is 1.50 bits per heavy atom. The minimum Gasteiger partial charge on any atom is -0.465 e. The average Bonchev–Trinajstić information content (AvgIpc) is 2.76. The molecule has 0 bridgehead atoms. The lowest BCUT2D eigenvalue weighted by molar-refractivity contribution is -0.145. The van der Waals surface area contributed by atoms with Crippen LogP contribution in [0.25, 0.3) is 0 Å². The van der Waals surface area contributed by atoms with Gasteiger partial charge in [-0.3, -0.25) is 4.79 Å². The number of hydrogen-bond donors (Lipinski definition) is 0. The van der Waals surface area contributed by atoms with Crippen molar-refractivity contribution < 1.29 is 9.53 Å². The van der Waals surface area contributed by atoms with Crippen LogP contribution in [0.15, 0.2) is 18.2 Å². The largest absolute Gasteiger partial charge is 0.465 e. The minimum absolute atomic E-state index is 0.122. The normalized spacial score (nSPS) is 15.4. The van der Waals surface area contributed by atoms with Crippen molar-refractivity contribution in [3.8, 4) is 0 Å². The molecule has 1 heterocycles. The first-order valence-electron chi connectivity index (χ1n) is 6.64. The highest BCUT2D eigenvalue weighted by molar-refractivity contribution is 5.78. The molecule has 3 heteroatoms. The summed E-state index contributed by atoms with van der Waals surface area (Å²) in [6.45, 7) is 5.49. The molecule has 1 aromatic rings. The SMILES string of the molecule is CCCOC(=O)[C@@H](C)c1ccc2c(c1)CCN2C. The van der Waals surface area contributed by atoms with E-state index in [9.17, 15) is 4.79 Å². The Balaban J connectivity index is 2.12. The Morgan fingerprint density at radius 3 is 3.00 bits per heavy atom. The van der Waals surface area contributed by atoms with Gasteiger partial charge in [0.2, 0.25) is 0 Å². The zero-order chi connectivity index (χ0) is 13.1. The number of benzene rings is 1. The van der Waals surface area contributed by atoms with Gasteiger partial charge in [-0.25, -0.2) is 0 Å². The third kappa shape index (κ3) is 2.50. The third-order valence-electron chi connectivity index (χ3n) is 3.53. The van der Waals surface area contributed by atoms with E-state index < -0.39 is 0 Å². The number of fused-ring (bicyclic) bond motifs is 1. The second kappa shape index (κ2) is 5.42. The number of likely N-dealkylation sites (N-methyl/N-ethyl adjacent to an activating group) is 1. The van der Waals surface area contributed by atoms with Crippen LogP contribution in [0.1, 0.15) is 37.3 Å². The standard InChI is InChI=1S/C15H21NO2/c1-4-9-18-15(17)11(2)12-5-6-14-13(10-12)7-8-16(14)3/h5-6,10-11H,4,7-9H2,1-3H3/t11-/m0/s1. The maximum absolute atomic E-state index is 11.8. The van der Waals surface area contributed by atoms with Gasteiger partial charge >= 0.3 is 5.97 Å². The van der Waals surface area contributed by atoms with Gasteiger partial charge in [-0.1, -0.05) is 19.1 Å². The van der Waals surface area contributed by atoms with Crippen LogP contribution in [0.2, 0.25) is 0 Å². The van der Waals surface area contributed by atoms with Crippen LogP contribution in [-0.2, 0) is 16.0 Å². The van der Waals surface area contributed by atoms with Gasteiger partial charge in [0, 0.05) is 19.3 Å². The molecule has 0 fully saturated rings. The molecular weight excluding hydrogens is 226 g/mol. The van der Waals surface area contributed by atoms with Crippen LogP contribution in [-0.4, -0.2) is 26.2 Å². The molecule has 1 aliphatic rings. The molecule has 1 atom stereocenters. The summed E-state index contributed by atoms with van der Waals surface area (Å²) >= 11 is 0. The Hall–Kier alpha value is -1.51. The number of ether oxygens (including phenoxy) is 1. The molecule has 2 rings (SSSR count).